The number of halogens is 4. The summed E-state index contributed by atoms with van der Waals surface area (Å²) < 4.78 is 43.1. The second kappa shape index (κ2) is 5.68. The Morgan fingerprint density at radius 1 is 1.20 bits per heavy atom. The fourth-order valence-corrected chi connectivity index (χ4v) is 1.70. The first kappa shape index (κ1) is 14.6. The predicted octanol–water partition coefficient (Wildman–Crippen LogP) is 4.04. The summed E-state index contributed by atoms with van der Waals surface area (Å²) in [6.07, 6.45) is -3.14. The summed E-state index contributed by atoms with van der Waals surface area (Å²) in [5.74, 6) is 0.0478. The van der Waals surface area contributed by atoms with Gasteiger partial charge in [-0.15, -0.1) is 0 Å². The molecule has 0 amide bonds. The van der Waals surface area contributed by atoms with Crippen LogP contribution >= 0.6 is 11.6 Å². The lowest BCUT2D eigenvalue weighted by Crippen LogP contribution is -2.05. The Balaban J connectivity index is 2.26. The van der Waals surface area contributed by atoms with E-state index in [1.165, 1.54) is 18.3 Å². The van der Waals surface area contributed by atoms with E-state index < -0.39 is 11.7 Å². The highest BCUT2D eigenvalue weighted by molar-refractivity contribution is 6.30. The van der Waals surface area contributed by atoms with Crippen molar-refractivity contribution >= 4 is 11.6 Å². The van der Waals surface area contributed by atoms with Gasteiger partial charge in [-0.3, -0.25) is 0 Å². The van der Waals surface area contributed by atoms with Crippen molar-refractivity contribution < 1.29 is 23.0 Å². The topological polar surface area (TPSA) is 42.4 Å². The van der Waals surface area contributed by atoms with Gasteiger partial charge in [-0.05, 0) is 29.8 Å². The van der Waals surface area contributed by atoms with Crippen molar-refractivity contribution in [3.63, 3.8) is 0 Å². The molecule has 2 rings (SSSR count). The van der Waals surface area contributed by atoms with Crippen molar-refractivity contribution in [2.45, 2.75) is 12.8 Å². The molecule has 7 heteroatoms. The highest BCUT2D eigenvalue weighted by Crippen LogP contribution is 2.35. The fraction of sp³-hybridized carbons (Fsp3) is 0.154. The third-order valence-electron chi connectivity index (χ3n) is 2.40. The number of aliphatic hydroxyl groups excluding tert-OH is 1. The number of hydrogen-bond acceptors (Lipinski definition) is 3. The molecule has 0 spiro atoms. The first-order valence-corrected chi connectivity index (χ1v) is 5.88. The Morgan fingerprint density at radius 3 is 2.50 bits per heavy atom. The number of alkyl halides is 3. The van der Waals surface area contributed by atoms with Crippen LogP contribution in [0.4, 0.5) is 13.2 Å². The molecule has 1 aromatic carbocycles. The van der Waals surface area contributed by atoms with E-state index in [-0.39, 0.29) is 23.3 Å². The summed E-state index contributed by atoms with van der Waals surface area (Å²) in [6.45, 7) is -0.178. The molecule has 0 bridgehead atoms. The lowest BCUT2D eigenvalue weighted by Gasteiger charge is -2.10. The van der Waals surface area contributed by atoms with Crippen LogP contribution in [0.25, 0.3) is 0 Å². The number of aromatic nitrogens is 1. The van der Waals surface area contributed by atoms with Gasteiger partial charge in [0, 0.05) is 17.3 Å². The number of nitrogens with zero attached hydrogens (tertiary/aromatic N) is 1. The lowest BCUT2D eigenvalue weighted by molar-refractivity contribution is -0.137. The SMILES string of the molecule is OCc1ccc(Oc2cc(Cl)cc(C(F)(F)F)c2)nc1. The van der Waals surface area contributed by atoms with Crippen LogP contribution in [0.5, 0.6) is 11.6 Å². The van der Waals surface area contributed by atoms with E-state index in [2.05, 4.69) is 4.98 Å². The van der Waals surface area contributed by atoms with E-state index in [4.69, 9.17) is 21.4 Å². The van der Waals surface area contributed by atoms with Crippen molar-refractivity contribution in [1.82, 2.24) is 4.98 Å². The molecular weight excluding hydrogens is 295 g/mol. The minimum Gasteiger partial charge on any atom is -0.439 e. The standard InChI is InChI=1S/C13H9ClF3NO2/c14-10-3-9(13(15,16)17)4-11(5-10)20-12-2-1-8(7-19)6-18-12/h1-6,19H,7H2. The highest BCUT2D eigenvalue weighted by atomic mass is 35.5. The molecule has 0 aliphatic carbocycles. The van der Waals surface area contributed by atoms with Crippen LogP contribution < -0.4 is 4.74 Å². The van der Waals surface area contributed by atoms with Gasteiger partial charge in [0.1, 0.15) is 5.75 Å². The van der Waals surface area contributed by atoms with Gasteiger partial charge in [-0.1, -0.05) is 11.6 Å². The van der Waals surface area contributed by atoms with Gasteiger partial charge in [-0.25, -0.2) is 4.98 Å². The summed E-state index contributed by atoms with van der Waals surface area (Å²) in [5, 5.41) is 8.78. The largest absolute Gasteiger partial charge is 0.439 e. The molecule has 20 heavy (non-hydrogen) atoms. The summed E-state index contributed by atoms with van der Waals surface area (Å²) in [7, 11) is 0. The molecule has 0 aliphatic rings. The van der Waals surface area contributed by atoms with Gasteiger partial charge >= 0.3 is 6.18 Å². The number of benzene rings is 1. The maximum atomic E-state index is 12.6. The first-order chi connectivity index (χ1) is 9.38. The molecule has 0 fully saturated rings. The summed E-state index contributed by atoms with van der Waals surface area (Å²) >= 11 is 5.64. The molecule has 2 aromatic rings. The molecule has 0 atom stereocenters. The van der Waals surface area contributed by atoms with Gasteiger partial charge in [0.25, 0.3) is 0 Å². The smallest absolute Gasteiger partial charge is 0.416 e. The van der Waals surface area contributed by atoms with Gasteiger partial charge in [-0.2, -0.15) is 13.2 Å². The molecule has 0 saturated carbocycles. The quantitative estimate of drug-likeness (QED) is 0.930. The Kier molecular flexibility index (Phi) is 4.15. The number of aliphatic hydroxyl groups is 1. The van der Waals surface area contributed by atoms with Crippen molar-refractivity contribution in [3.8, 4) is 11.6 Å². The summed E-state index contributed by atoms with van der Waals surface area (Å²) in [4.78, 5) is 3.86. The van der Waals surface area contributed by atoms with Gasteiger partial charge in [0.15, 0.2) is 0 Å². The van der Waals surface area contributed by atoms with E-state index in [9.17, 15) is 13.2 Å². The van der Waals surface area contributed by atoms with E-state index in [1.807, 2.05) is 0 Å². The highest BCUT2D eigenvalue weighted by Gasteiger charge is 2.31. The van der Waals surface area contributed by atoms with Crippen molar-refractivity contribution in [2.75, 3.05) is 0 Å². The van der Waals surface area contributed by atoms with Crippen LogP contribution in [0.3, 0.4) is 0 Å². The third-order valence-corrected chi connectivity index (χ3v) is 2.62. The molecule has 106 valence electrons. The zero-order valence-electron chi connectivity index (χ0n) is 9.99. The van der Waals surface area contributed by atoms with E-state index >= 15 is 0 Å². The molecule has 3 nitrogen and oxygen atoms in total. The lowest BCUT2D eigenvalue weighted by atomic mass is 10.2. The van der Waals surface area contributed by atoms with Crippen molar-refractivity contribution in [3.05, 3.63) is 52.7 Å². The normalized spacial score (nSPS) is 11.4. The number of ether oxygens (including phenoxy) is 1. The molecule has 0 aliphatic heterocycles. The van der Waals surface area contributed by atoms with Gasteiger partial charge in [0.05, 0.1) is 12.2 Å². The Morgan fingerprint density at radius 2 is 1.95 bits per heavy atom. The fourth-order valence-electron chi connectivity index (χ4n) is 1.47. The molecule has 1 N–H and O–H groups in total. The Bertz CT molecular complexity index is 600. The van der Waals surface area contributed by atoms with Crippen LogP contribution in [0, 0.1) is 0 Å². The maximum absolute atomic E-state index is 12.6. The van der Waals surface area contributed by atoms with Crippen LogP contribution in [-0.4, -0.2) is 10.1 Å². The Labute approximate surface area is 117 Å². The molecule has 0 unspecified atom stereocenters. The molecule has 0 saturated heterocycles. The van der Waals surface area contributed by atoms with E-state index in [0.29, 0.717) is 5.56 Å². The van der Waals surface area contributed by atoms with Crippen LogP contribution in [-0.2, 0) is 12.8 Å². The van der Waals surface area contributed by atoms with Crippen molar-refractivity contribution in [2.24, 2.45) is 0 Å². The zero-order valence-corrected chi connectivity index (χ0v) is 10.7. The second-order valence-corrected chi connectivity index (χ2v) is 4.37. The number of rotatable bonds is 3. The van der Waals surface area contributed by atoms with Crippen LogP contribution in [0.2, 0.25) is 5.02 Å². The van der Waals surface area contributed by atoms with Crippen LogP contribution in [0.15, 0.2) is 36.5 Å². The number of pyridine rings is 1. The minimum absolute atomic E-state index is 0.0610. The van der Waals surface area contributed by atoms with Gasteiger partial charge in [0.2, 0.25) is 5.88 Å². The van der Waals surface area contributed by atoms with Crippen molar-refractivity contribution in [1.29, 1.82) is 0 Å². The summed E-state index contributed by atoms with van der Waals surface area (Å²) in [6, 6.07) is 5.92. The summed E-state index contributed by atoms with van der Waals surface area (Å²) in [5.41, 5.74) is -0.327. The molecule has 0 radical (unpaired) electrons. The predicted molar refractivity (Wildman–Crippen MR) is 66.7 cm³/mol. The monoisotopic (exact) mass is 303 g/mol. The number of hydrogen-bond donors (Lipinski definition) is 1. The zero-order chi connectivity index (χ0) is 14.8. The average molecular weight is 304 g/mol. The Hall–Kier alpha value is -1.79. The van der Waals surface area contributed by atoms with Crippen LogP contribution in [0.1, 0.15) is 11.1 Å². The van der Waals surface area contributed by atoms with E-state index in [0.717, 1.165) is 12.1 Å². The third kappa shape index (κ3) is 3.61. The van der Waals surface area contributed by atoms with Gasteiger partial charge < -0.3 is 9.84 Å². The molecule has 1 heterocycles. The minimum atomic E-state index is -4.50. The van der Waals surface area contributed by atoms with E-state index in [1.54, 1.807) is 6.07 Å². The molecular formula is C13H9ClF3NO2. The molecule has 1 aromatic heterocycles. The average Bonchev–Trinajstić information content (AvgIpc) is 2.38. The second-order valence-electron chi connectivity index (χ2n) is 3.94. The first-order valence-electron chi connectivity index (χ1n) is 5.50. The maximum Gasteiger partial charge on any atom is 0.416 e.